The average Bonchev–Trinajstić information content (AvgIpc) is 3.23. The van der Waals surface area contributed by atoms with Crippen LogP contribution >= 0.6 is 0 Å². The number of amides is 1. The lowest BCUT2D eigenvalue weighted by molar-refractivity contribution is 0.0571. The van der Waals surface area contributed by atoms with Crippen molar-refractivity contribution in [3.8, 4) is 0 Å². The van der Waals surface area contributed by atoms with Crippen LogP contribution in [-0.2, 0) is 0 Å². The zero-order valence-corrected chi connectivity index (χ0v) is 14.2. The smallest absolute Gasteiger partial charge is 0.254 e. The molecule has 3 aromatic rings. The Kier molecular flexibility index (Phi) is 3.51. The Morgan fingerprint density at radius 3 is 2.54 bits per heavy atom. The zero-order valence-electron chi connectivity index (χ0n) is 14.2. The molecule has 132 valence electrons. The van der Waals surface area contributed by atoms with Gasteiger partial charge in [0.05, 0.1) is 5.52 Å². The van der Waals surface area contributed by atoms with Gasteiger partial charge in [-0.25, -0.2) is 4.39 Å². The van der Waals surface area contributed by atoms with Crippen molar-refractivity contribution in [2.24, 2.45) is 0 Å². The maximum Gasteiger partial charge on any atom is 0.254 e. The minimum atomic E-state index is -0.201. The number of piperidine rings is 1. The molecule has 2 fully saturated rings. The summed E-state index contributed by atoms with van der Waals surface area (Å²) in [5.74, 6) is 0.288. The molecule has 0 saturated carbocycles. The Morgan fingerprint density at radius 1 is 1.08 bits per heavy atom. The van der Waals surface area contributed by atoms with E-state index in [4.69, 9.17) is 0 Å². The Balaban J connectivity index is 1.39. The number of nitrogens with zero attached hydrogens (tertiary/aromatic N) is 3. The van der Waals surface area contributed by atoms with Gasteiger partial charge in [-0.3, -0.25) is 9.89 Å². The number of aromatic amines is 1. The second-order valence-corrected chi connectivity index (χ2v) is 7.36. The van der Waals surface area contributed by atoms with Gasteiger partial charge >= 0.3 is 0 Å². The van der Waals surface area contributed by atoms with Crippen LogP contribution < -0.4 is 0 Å². The van der Waals surface area contributed by atoms with Gasteiger partial charge in [-0.1, -0.05) is 17.3 Å². The van der Waals surface area contributed by atoms with Gasteiger partial charge in [-0.15, -0.1) is 5.10 Å². The first-order chi connectivity index (χ1) is 12.7. The van der Waals surface area contributed by atoms with Gasteiger partial charge in [-0.2, -0.15) is 0 Å². The van der Waals surface area contributed by atoms with Crippen molar-refractivity contribution in [1.82, 2.24) is 20.3 Å². The molecule has 6 heteroatoms. The highest BCUT2D eigenvalue weighted by atomic mass is 19.1. The van der Waals surface area contributed by atoms with Crippen molar-refractivity contribution >= 4 is 16.9 Å². The maximum absolute atomic E-state index is 13.2. The highest BCUT2D eigenvalue weighted by molar-refractivity contribution is 5.97. The first kappa shape index (κ1) is 15.5. The first-order valence-electron chi connectivity index (χ1n) is 9.08. The summed E-state index contributed by atoms with van der Waals surface area (Å²) in [7, 11) is 0. The fourth-order valence-electron chi connectivity index (χ4n) is 4.64. The third-order valence-corrected chi connectivity index (χ3v) is 5.88. The predicted octanol–water partition coefficient (Wildman–Crippen LogP) is 3.65. The number of carbonyl (C=O) groups excluding carboxylic acids is 1. The molecular formula is C20H19FN4O. The summed E-state index contributed by atoms with van der Waals surface area (Å²) < 4.78 is 13.2. The number of hydrogen-bond acceptors (Lipinski definition) is 3. The van der Waals surface area contributed by atoms with E-state index in [1.165, 1.54) is 17.7 Å². The van der Waals surface area contributed by atoms with Crippen LogP contribution in [0.25, 0.3) is 11.0 Å². The van der Waals surface area contributed by atoms with Crippen LogP contribution in [0.15, 0.2) is 42.5 Å². The van der Waals surface area contributed by atoms with Crippen molar-refractivity contribution in [2.45, 2.75) is 43.7 Å². The highest BCUT2D eigenvalue weighted by Crippen LogP contribution is 2.43. The van der Waals surface area contributed by atoms with E-state index in [1.54, 1.807) is 0 Å². The topological polar surface area (TPSA) is 61.9 Å². The monoisotopic (exact) mass is 350 g/mol. The molecule has 2 aromatic carbocycles. The number of H-pyrrole nitrogens is 1. The Labute approximate surface area is 150 Å². The molecule has 0 unspecified atom stereocenters. The molecule has 1 amide bonds. The molecular weight excluding hydrogens is 331 g/mol. The number of fused-ring (bicyclic) bond motifs is 3. The second-order valence-electron chi connectivity index (χ2n) is 7.36. The van der Waals surface area contributed by atoms with Gasteiger partial charge in [-0.05, 0) is 67.5 Å². The molecule has 5 rings (SSSR count). The van der Waals surface area contributed by atoms with E-state index in [2.05, 4.69) is 20.3 Å². The fraction of sp³-hybridized carbons (Fsp3) is 0.350. The normalized spacial score (nSPS) is 25.0. The van der Waals surface area contributed by atoms with Gasteiger partial charge < -0.3 is 4.90 Å². The van der Waals surface area contributed by atoms with Crippen LogP contribution in [0.4, 0.5) is 4.39 Å². The largest absolute Gasteiger partial charge is 0.333 e. The zero-order chi connectivity index (χ0) is 17.7. The van der Waals surface area contributed by atoms with E-state index in [0.717, 1.165) is 36.7 Å². The third-order valence-electron chi connectivity index (χ3n) is 5.88. The van der Waals surface area contributed by atoms with Gasteiger partial charge in [0, 0.05) is 17.6 Å². The summed E-state index contributed by atoms with van der Waals surface area (Å²) in [6.07, 6.45) is 3.98. The SMILES string of the molecule is O=C(c1ccc2nn[nH]c2c1)N1[C@@H]2CC[C@H]1C[C@@H](c1ccc(F)cc1)C2. The van der Waals surface area contributed by atoms with Crippen LogP contribution in [0.5, 0.6) is 0 Å². The molecule has 26 heavy (non-hydrogen) atoms. The van der Waals surface area contributed by atoms with Gasteiger partial charge in [0.15, 0.2) is 0 Å². The van der Waals surface area contributed by atoms with E-state index in [1.807, 2.05) is 30.3 Å². The molecule has 2 aliphatic rings. The Bertz CT molecular complexity index is 953. The van der Waals surface area contributed by atoms with Crippen LogP contribution in [0.1, 0.15) is 47.5 Å². The highest BCUT2D eigenvalue weighted by Gasteiger charge is 2.43. The van der Waals surface area contributed by atoms with Gasteiger partial charge in [0.1, 0.15) is 11.3 Å². The predicted molar refractivity (Wildman–Crippen MR) is 95.2 cm³/mol. The maximum atomic E-state index is 13.2. The molecule has 2 saturated heterocycles. The van der Waals surface area contributed by atoms with Crippen LogP contribution in [-0.4, -0.2) is 38.3 Å². The minimum absolute atomic E-state index is 0.0894. The van der Waals surface area contributed by atoms with E-state index in [-0.39, 0.29) is 23.8 Å². The summed E-state index contributed by atoms with van der Waals surface area (Å²) >= 11 is 0. The number of rotatable bonds is 2. The Morgan fingerprint density at radius 2 is 1.81 bits per heavy atom. The second kappa shape index (κ2) is 5.90. The van der Waals surface area contributed by atoms with Crippen molar-refractivity contribution < 1.29 is 9.18 Å². The van der Waals surface area contributed by atoms with Gasteiger partial charge in [0.2, 0.25) is 0 Å². The lowest BCUT2D eigenvalue weighted by Gasteiger charge is -2.39. The summed E-state index contributed by atoms with van der Waals surface area (Å²) in [5, 5.41) is 10.6. The fourth-order valence-corrected chi connectivity index (χ4v) is 4.64. The van der Waals surface area contributed by atoms with Crippen molar-refractivity contribution in [1.29, 1.82) is 0 Å². The Hall–Kier alpha value is -2.76. The van der Waals surface area contributed by atoms with Crippen LogP contribution in [0.3, 0.4) is 0 Å². The summed E-state index contributed by atoms with van der Waals surface area (Å²) in [6, 6.07) is 12.8. The molecule has 1 N–H and O–H groups in total. The standard InChI is InChI=1S/C20H19FN4O/c21-15-4-1-12(2-5-15)14-9-16-6-7-17(10-14)25(16)20(26)13-3-8-18-19(11-13)23-24-22-18/h1-5,8,11,14,16-17H,6-7,9-10H2,(H,22,23,24)/t14-,16+,17-. The van der Waals surface area contributed by atoms with E-state index < -0.39 is 0 Å². The summed E-state index contributed by atoms with van der Waals surface area (Å²) in [5.41, 5.74) is 3.41. The number of hydrogen-bond donors (Lipinski definition) is 1. The number of halogens is 1. The van der Waals surface area contributed by atoms with Crippen molar-refractivity contribution in [3.63, 3.8) is 0 Å². The van der Waals surface area contributed by atoms with Crippen molar-refractivity contribution in [2.75, 3.05) is 0 Å². The summed E-state index contributed by atoms with van der Waals surface area (Å²) in [6.45, 7) is 0. The molecule has 0 spiro atoms. The number of carbonyl (C=O) groups is 1. The molecule has 2 aliphatic heterocycles. The quantitative estimate of drug-likeness (QED) is 0.767. The van der Waals surface area contributed by atoms with E-state index in [0.29, 0.717) is 11.5 Å². The lowest BCUT2D eigenvalue weighted by Crippen LogP contribution is -2.46. The van der Waals surface area contributed by atoms with E-state index >= 15 is 0 Å². The van der Waals surface area contributed by atoms with Crippen LogP contribution in [0.2, 0.25) is 0 Å². The van der Waals surface area contributed by atoms with E-state index in [9.17, 15) is 9.18 Å². The molecule has 3 atom stereocenters. The number of aromatic nitrogens is 3. The van der Waals surface area contributed by atoms with Crippen molar-refractivity contribution in [3.05, 3.63) is 59.4 Å². The average molecular weight is 350 g/mol. The molecule has 5 nitrogen and oxygen atoms in total. The minimum Gasteiger partial charge on any atom is -0.333 e. The third kappa shape index (κ3) is 2.48. The molecule has 0 aliphatic carbocycles. The summed E-state index contributed by atoms with van der Waals surface area (Å²) in [4.78, 5) is 15.2. The van der Waals surface area contributed by atoms with Crippen LogP contribution in [0, 0.1) is 5.82 Å². The number of nitrogens with one attached hydrogen (secondary N) is 1. The molecule has 3 heterocycles. The first-order valence-corrected chi connectivity index (χ1v) is 9.08. The molecule has 1 aromatic heterocycles. The molecule has 2 bridgehead atoms. The number of benzene rings is 2. The molecule has 0 radical (unpaired) electrons. The van der Waals surface area contributed by atoms with Gasteiger partial charge in [0.25, 0.3) is 5.91 Å². The lowest BCUT2D eigenvalue weighted by atomic mass is 9.85.